The van der Waals surface area contributed by atoms with Gasteiger partial charge in [0.25, 0.3) is 0 Å². The van der Waals surface area contributed by atoms with Gasteiger partial charge < -0.3 is 5.32 Å². The molecule has 82 valence electrons. The zero-order valence-electron chi connectivity index (χ0n) is 8.46. The number of hydrogen-bond donors (Lipinski definition) is 1. The van der Waals surface area contributed by atoms with Crippen LogP contribution in [0.2, 0.25) is 4.34 Å². The Kier molecular flexibility index (Phi) is 3.78. The molecule has 0 radical (unpaired) electrons. The van der Waals surface area contributed by atoms with Gasteiger partial charge in [0.1, 0.15) is 0 Å². The third-order valence-corrected chi connectivity index (χ3v) is 4.06. The molecule has 1 N–H and O–H groups in total. The second kappa shape index (κ2) is 5.10. The number of carbonyl (C=O) groups excluding carboxylic acids is 1. The van der Waals surface area contributed by atoms with E-state index >= 15 is 0 Å². The Morgan fingerprint density at radius 2 is 2.47 bits per heavy atom. The third kappa shape index (κ3) is 3.03. The fraction of sp³-hybridized carbons (Fsp3) is 0.545. The highest BCUT2D eigenvalue weighted by atomic mass is 35.5. The Labute approximate surface area is 98.6 Å². The molecule has 2 nitrogen and oxygen atoms in total. The zero-order chi connectivity index (χ0) is 10.7. The molecular formula is C11H14ClNOS. The molecule has 0 spiro atoms. The molecule has 0 aromatic carbocycles. The number of ketones is 1. The van der Waals surface area contributed by atoms with Gasteiger partial charge in [-0.3, -0.25) is 4.79 Å². The fourth-order valence-corrected chi connectivity index (χ4v) is 2.89. The predicted octanol–water partition coefficient (Wildman–Crippen LogP) is 2.97. The first-order chi connectivity index (χ1) is 7.25. The van der Waals surface area contributed by atoms with Crippen molar-refractivity contribution in [3.05, 3.63) is 21.3 Å². The molecule has 1 aromatic heterocycles. The van der Waals surface area contributed by atoms with E-state index in [1.54, 1.807) is 6.07 Å². The first kappa shape index (κ1) is 11.1. The van der Waals surface area contributed by atoms with Crippen molar-refractivity contribution in [3.8, 4) is 0 Å². The Morgan fingerprint density at radius 1 is 1.60 bits per heavy atom. The minimum Gasteiger partial charge on any atom is -0.316 e. The van der Waals surface area contributed by atoms with Crippen LogP contribution in [0.1, 0.15) is 28.9 Å². The first-order valence-electron chi connectivity index (χ1n) is 5.25. The predicted molar refractivity (Wildman–Crippen MR) is 63.9 cm³/mol. The maximum Gasteiger partial charge on any atom is 0.172 e. The highest BCUT2D eigenvalue weighted by Crippen LogP contribution is 2.24. The van der Waals surface area contributed by atoms with E-state index in [1.807, 2.05) is 6.07 Å². The first-order valence-corrected chi connectivity index (χ1v) is 6.44. The average molecular weight is 244 g/mol. The summed E-state index contributed by atoms with van der Waals surface area (Å²) in [6.07, 6.45) is 2.86. The lowest BCUT2D eigenvalue weighted by Gasteiger charge is -2.05. The second-order valence-corrected chi connectivity index (χ2v) is 5.64. The molecule has 15 heavy (non-hydrogen) atoms. The lowest BCUT2D eigenvalue weighted by molar-refractivity contribution is 0.0978. The van der Waals surface area contributed by atoms with E-state index in [1.165, 1.54) is 17.8 Å². The second-order valence-electron chi connectivity index (χ2n) is 3.92. The molecular weight excluding hydrogens is 230 g/mol. The highest BCUT2D eigenvalue weighted by molar-refractivity contribution is 7.18. The van der Waals surface area contributed by atoms with Gasteiger partial charge in [-0.2, -0.15) is 0 Å². The number of rotatable bonds is 4. The normalized spacial score (nSPS) is 20.7. The van der Waals surface area contributed by atoms with Crippen LogP contribution < -0.4 is 5.32 Å². The van der Waals surface area contributed by atoms with Crippen LogP contribution in [0.4, 0.5) is 0 Å². The quantitative estimate of drug-likeness (QED) is 0.824. The lowest BCUT2D eigenvalue weighted by Crippen LogP contribution is -2.10. The van der Waals surface area contributed by atoms with Crippen LogP contribution in [0.25, 0.3) is 0 Å². The van der Waals surface area contributed by atoms with Crippen molar-refractivity contribution in [2.24, 2.45) is 5.92 Å². The van der Waals surface area contributed by atoms with E-state index in [9.17, 15) is 4.79 Å². The molecule has 2 rings (SSSR count). The molecule has 1 saturated heterocycles. The SMILES string of the molecule is O=C(CCC1CCNC1)c1ccc(Cl)s1. The standard InChI is InChI=1S/C11H14ClNOS/c12-11-4-3-10(15-11)9(14)2-1-8-5-6-13-7-8/h3-4,8,13H,1-2,5-7H2. The molecule has 4 heteroatoms. The topological polar surface area (TPSA) is 29.1 Å². The summed E-state index contributed by atoms with van der Waals surface area (Å²) in [5.41, 5.74) is 0. The van der Waals surface area contributed by atoms with E-state index in [2.05, 4.69) is 5.32 Å². The van der Waals surface area contributed by atoms with Crippen molar-refractivity contribution in [1.82, 2.24) is 5.32 Å². The Morgan fingerprint density at radius 3 is 3.07 bits per heavy atom. The average Bonchev–Trinajstić information content (AvgIpc) is 2.84. The molecule has 1 fully saturated rings. The summed E-state index contributed by atoms with van der Waals surface area (Å²) in [7, 11) is 0. The Bertz CT molecular complexity index is 344. The van der Waals surface area contributed by atoms with Crippen molar-refractivity contribution in [3.63, 3.8) is 0 Å². The van der Waals surface area contributed by atoms with Crippen LogP contribution in [0, 0.1) is 5.92 Å². The van der Waals surface area contributed by atoms with Crippen molar-refractivity contribution >= 4 is 28.7 Å². The van der Waals surface area contributed by atoms with Crippen LogP contribution in [-0.4, -0.2) is 18.9 Å². The van der Waals surface area contributed by atoms with Crippen molar-refractivity contribution in [2.45, 2.75) is 19.3 Å². The van der Waals surface area contributed by atoms with E-state index in [0.29, 0.717) is 16.7 Å². The summed E-state index contributed by atoms with van der Waals surface area (Å²) in [6.45, 7) is 2.17. The molecule has 1 atom stereocenters. The molecule has 2 heterocycles. The van der Waals surface area contributed by atoms with Crippen molar-refractivity contribution in [2.75, 3.05) is 13.1 Å². The summed E-state index contributed by atoms with van der Waals surface area (Å²) < 4.78 is 0.695. The van der Waals surface area contributed by atoms with Gasteiger partial charge in [0.2, 0.25) is 0 Å². The summed E-state index contributed by atoms with van der Waals surface area (Å²) in [6, 6.07) is 3.61. The number of hydrogen-bond acceptors (Lipinski definition) is 3. The van der Waals surface area contributed by atoms with Crippen molar-refractivity contribution < 1.29 is 4.79 Å². The minimum atomic E-state index is 0.235. The molecule has 0 aliphatic carbocycles. The van der Waals surface area contributed by atoms with Gasteiger partial charge in [-0.05, 0) is 44.0 Å². The summed E-state index contributed by atoms with van der Waals surface area (Å²) in [5.74, 6) is 0.920. The molecule has 0 saturated carbocycles. The van der Waals surface area contributed by atoms with Gasteiger partial charge in [-0.15, -0.1) is 11.3 Å². The minimum absolute atomic E-state index is 0.235. The van der Waals surface area contributed by atoms with Crippen LogP contribution in [0.3, 0.4) is 0 Å². The maximum atomic E-state index is 11.7. The fourth-order valence-electron chi connectivity index (χ4n) is 1.88. The van der Waals surface area contributed by atoms with Gasteiger partial charge in [0.15, 0.2) is 5.78 Å². The number of carbonyl (C=O) groups is 1. The zero-order valence-corrected chi connectivity index (χ0v) is 10.0. The van der Waals surface area contributed by atoms with Gasteiger partial charge >= 0.3 is 0 Å². The maximum absolute atomic E-state index is 11.7. The number of nitrogens with one attached hydrogen (secondary N) is 1. The van der Waals surface area contributed by atoms with Crippen LogP contribution in [0.5, 0.6) is 0 Å². The molecule has 0 amide bonds. The largest absolute Gasteiger partial charge is 0.316 e. The van der Waals surface area contributed by atoms with E-state index in [-0.39, 0.29) is 5.78 Å². The van der Waals surface area contributed by atoms with Crippen molar-refractivity contribution in [1.29, 1.82) is 0 Å². The smallest absolute Gasteiger partial charge is 0.172 e. The van der Waals surface area contributed by atoms with Gasteiger partial charge in [-0.1, -0.05) is 11.6 Å². The highest BCUT2D eigenvalue weighted by Gasteiger charge is 2.16. The number of halogens is 1. The number of Topliss-reactive ketones (excluding diaryl/α,β-unsaturated/α-hetero) is 1. The monoisotopic (exact) mass is 243 g/mol. The molecule has 1 aliphatic rings. The molecule has 0 bridgehead atoms. The molecule has 1 aliphatic heterocycles. The van der Waals surface area contributed by atoms with Crippen LogP contribution >= 0.6 is 22.9 Å². The summed E-state index contributed by atoms with van der Waals surface area (Å²) >= 11 is 7.17. The van der Waals surface area contributed by atoms with E-state index in [0.717, 1.165) is 24.4 Å². The number of thiophene rings is 1. The molecule has 1 aromatic rings. The van der Waals surface area contributed by atoms with Gasteiger partial charge in [-0.25, -0.2) is 0 Å². The van der Waals surface area contributed by atoms with E-state index < -0.39 is 0 Å². The Hall–Kier alpha value is -0.380. The Balaban J connectivity index is 1.81. The van der Waals surface area contributed by atoms with E-state index in [4.69, 9.17) is 11.6 Å². The lowest BCUT2D eigenvalue weighted by atomic mass is 10.0. The third-order valence-electron chi connectivity index (χ3n) is 2.79. The van der Waals surface area contributed by atoms with Gasteiger partial charge in [0, 0.05) is 6.42 Å². The van der Waals surface area contributed by atoms with Crippen LogP contribution in [0.15, 0.2) is 12.1 Å². The van der Waals surface area contributed by atoms with Crippen LogP contribution in [-0.2, 0) is 0 Å². The summed E-state index contributed by atoms with van der Waals surface area (Å²) in [5, 5.41) is 3.31. The molecule has 1 unspecified atom stereocenters. The van der Waals surface area contributed by atoms with Gasteiger partial charge in [0.05, 0.1) is 9.21 Å². The summed E-state index contributed by atoms with van der Waals surface area (Å²) in [4.78, 5) is 12.5.